The summed E-state index contributed by atoms with van der Waals surface area (Å²) in [6.07, 6.45) is 7.65. The van der Waals surface area contributed by atoms with Gasteiger partial charge in [-0.1, -0.05) is 37.5 Å². The van der Waals surface area contributed by atoms with Crippen molar-refractivity contribution in [3.63, 3.8) is 0 Å². The van der Waals surface area contributed by atoms with E-state index in [1.807, 2.05) is 24.3 Å². The van der Waals surface area contributed by atoms with E-state index in [9.17, 15) is 4.79 Å². The molecule has 2 aliphatic rings. The minimum Gasteiger partial charge on any atom is -0.459 e. The van der Waals surface area contributed by atoms with Crippen molar-refractivity contribution in [2.24, 2.45) is 0 Å². The molecule has 0 radical (unpaired) electrons. The summed E-state index contributed by atoms with van der Waals surface area (Å²) >= 11 is 1.72. The number of ether oxygens (including phenoxy) is 1. The average Bonchev–Trinajstić information content (AvgIpc) is 3.27. The third-order valence-corrected chi connectivity index (χ3v) is 7.20. The molecule has 1 aromatic carbocycles. The van der Waals surface area contributed by atoms with Crippen LogP contribution in [-0.2, 0) is 10.5 Å². The number of hydrogen-bond donors (Lipinski definition) is 1. The minimum atomic E-state index is -0.100. The predicted octanol–water partition coefficient (Wildman–Crippen LogP) is 4.34. The minimum absolute atomic E-state index is 0.0588. The van der Waals surface area contributed by atoms with Gasteiger partial charge in [0.15, 0.2) is 5.76 Å². The quantitative estimate of drug-likeness (QED) is 0.683. The highest BCUT2D eigenvalue weighted by Gasteiger charge is 2.39. The third-order valence-electron chi connectivity index (χ3n) is 6.13. The second kappa shape index (κ2) is 9.83. The van der Waals surface area contributed by atoms with Gasteiger partial charge in [-0.3, -0.25) is 9.69 Å². The molecule has 2 heterocycles. The largest absolute Gasteiger partial charge is 0.459 e. The fraction of sp³-hybridized carbons (Fsp3) is 0.522. The molecule has 1 N–H and O–H groups in total. The number of nitrogens with one attached hydrogen (secondary N) is 1. The fourth-order valence-electron chi connectivity index (χ4n) is 4.50. The molecule has 0 spiro atoms. The summed E-state index contributed by atoms with van der Waals surface area (Å²) in [5.74, 6) is 1.07. The van der Waals surface area contributed by atoms with E-state index in [4.69, 9.17) is 9.15 Å². The van der Waals surface area contributed by atoms with Gasteiger partial charge in [0, 0.05) is 41.4 Å². The van der Waals surface area contributed by atoms with Gasteiger partial charge in [-0.15, -0.1) is 11.8 Å². The van der Waals surface area contributed by atoms with E-state index in [-0.39, 0.29) is 11.4 Å². The number of thioether (sulfide) groups is 1. The SMILES string of the molecule is O=C(NCC1(N2CCOCC2)CCCCC1)c1occc1CSc1ccccc1. The topological polar surface area (TPSA) is 54.7 Å². The second-order valence-electron chi connectivity index (χ2n) is 7.94. The third kappa shape index (κ3) is 5.05. The maximum absolute atomic E-state index is 12.9. The van der Waals surface area contributed by atoms with Crippen LogP contribution in [0.25, 0.3) is 0 Å². The molecule has 1 aromatic heterocycles. The molecular formula is C23H30N2O3S. The lowest BCUT2D eigenvalue weighted by Gasteiger charge is -2.48. The van der Waals surface area contributed by atoms with E-state index >= 15 is 0 Å². The molecule has 0 unspecified atom stereocenters. The molecule has 6 heteroatoms. The van der Waals surface area contributed by atoms with Gasteiger partial charge in [0.2, 0.25) is 0 Å². The van der Waals surface area contributed by atoms with Gasteiger partial charge in [0.05, 0.1) is 19.5 Å². The van der Waals surface area contributed by atoms with E-state index in [0.29, 0.717) is 12.3 Å². The molecule has 1 saturated carbocycles. The second-order valence-corrected chi connectivity index (χ2v) is 8.99. The zero-order valence-corrected chi connectivity index (χ0v) is 17.7. The van der Waals surface area contributed by atoms with Crippen LogP contribution in [0.3, 0.4) is 0 Å². The molecule has 1 aliphatic heterocycles. The average molecular weight is 415 g/mol. The summed E-state index contributed by atoms with van der Waals surface area (Å²) in [5, 5.41) is 3.21. The monoisotopic (exact) mass is 414 g/mol. The van der Waals surface area contributed by atoms with Crippen LogP contribution in [0.1, 0.15) is 48.2 Å². The number of nitrogens with zero attached hydrogens (tertiary/aromatic N) is 1. The number of carbonyl (C=O) groups excluding carboxylic acids is 1. The predicted molar refractivity (Wildman–Crippen MR) is 115 cm³/mol. The van der Waals surface area contributed by atoms with Crippen LogP contribution >= 0.6 is 11.8 Å². The Labute approximate surface area is 177 Å². The Kier molecular flexibility index (Phi) is 6.95. The zero-order valence-electron chi connectivity index (χ0n) is 16.9. The van der Waals surface area contributed by atoms with Crippen LogP contribution in [0.15, 0.2) is 52.0 Å². The molecule has 1 aliphatic carbocycles. The molecule has 0 atom stereocenters. The van der Waals surface area contributed by atoms with Gasteiger partial charge in [-0.2, -0.15) is 0 Å². The number of rotatable bonds is 7. The smallest absolute Gasteiger partial charge is 0.287 e. The van der Waals surface area contributed by atoms with Crippen LogP contribution in [-0.4, -0.2) is 49.2 Å². The molecule has 1 amide bonds. The molecule has 5 nitrogen and oxygen atoms in total. The molecular weight excluding hydrogens is 384 g/mol. The number of benzene rings is 1. The lowest BCUT2D eigenvalue weighted by Crippen LogP contribution is -2.59. The Balaban J connectivity index is 1.39. The molecule has 2 aromatic rings. The molecule has 4 rings (SSSR count). The number of carbonyl (C=O) groups is 1. The van der Waals surface area contributed by atoms with Gasteiger partial charge in [0.25, 0.3) is 5.91 Å². The summed E-state index contributed by atoms with van der Waals surface area (Å²) in [6.45, 7) is 4.16. The van der Waals surface area contributed by atoms with Crippen molar-refractivity contribution < 1.29 is 13.9 Å². The first kappa shape index (κ1) is 20.5. The molecule has 29 heavy (non-hydrogen) atoms. The van der Waals surface area contributed by atoms with Crippen LogP contribution < -0.4 is 5.32 Å². The Hall–Kier alpha value is -1.76. The first-order chi connectivity index (χ1) is 14.3. The molecule has 2 fully saturated rings. The van der Waals surface area contributed by atoms with Crippen molar-refractivity contribution in [2.75, 3.05) is 32.8 Å². The first-order valence-electron chi connectivity index (χ1n) is 10.6. The maximum atomic E-state index is 12.9. The van der Waals surface area contributed by atoms with Crippen molar-refractivity contribution in [3.8, 4) is 0 Å². The van der Waals surface area contributed by atoms with Crippen molar-refractivity contribution in [1.82, 2.24) is 10.2 Å². The van der Waals surface area contributed by atoms with Gasteiger partial charge in [-0.25, -0.2) is 0 Å². The van der Waals surface area contributed by atoms with E-state index in [1.54, 1.807) is 18.0 Å². The highest BCUT2D eigenvalue weighted by atomic mass is 32.2. The summed E-state index contributed by atoms with van der Waals surface area (Å²) in [6, 6.07) is 12.1. The highest BCUT2D eigenvalue weighted by Crippen LogP contribution is 2.34. The normalized spacial score (nSPS) is 19.7. The zero-order chi connectivity index (χ0) is 19.9. The molecule has 156 valence electrons. The summed E-state index contributed by atoms with van der Waals surface area (Å²) in [4.78, 5) is 16.7. The Morgan fingerprint density at radius 3 is 2.59 bits per heavy atom. The molecule has 1 saturated heterocycles. The van der Waals surface area contributed by atoms with E-state index in [0.717, 1.165) is 50.5 Å². The summed E-state index contributed by atoms with van der Waals surface area (Å²) < 4.78 is 11.1. The first-order valence-corrected chi connectivity index (χ1v) is 11.6. The van der Waals surface area contributed by atoms with Crippen LogP contribution in [0.4, 0.5) is 0 Å². The van der Waals surface area contributed by atoms with Crippen molar-refractivity contribution in [3.05, 3.63) is 54.0 Å². The summed E-state index contributed by atoms with van der Waals surface area (Å²) in [7, 11) is 0. The Bertz CT molecular complexity index is 780. The van der Waals surface area contributed by atoms with Gasteiger partial charge >= 0.3 is 0 Å². The van der Waals surface area contributed by atoms with Gasteiger partial charge in [0.1, 0.15) is 0 Å². The van der Waals surface area contributed by atoms with Crippen LogP contribution in [0, 0.1) is 0 Å². The Morgan fingerprint density at radius 1 is 1.07 bits per heavy atom. The van der Waals surface area contributed by atoms with E-state index in [2.05, 4.69) is 22.3 Å². The lowest BCUT2D eigenvalue weighted by molar-refractivity contribution is -0.0362. The Morgan fingerprint density at radius 2 is 1.83 bits per heavy atom. The van der Waals surface area contributed by atoms with Crippen molar-refractivity contribution in [2.45, 2.75) is 48.3 Å². The number of hydrogen-bond acceptors (Lipinski definition) is 5. The molecule has 0 bridgehead atoms. The lowest BCUT2D eigenvalue weighted by atomic mass is 9.79. The number of furan rings is 1. The maximum Gasteiger partial charge on any atom is 0.287 e. The van der Waals surface area contributed by atoms with E-state index in [1.165, 1.54) is 24.2 Å². The van der Waals surface area contributed by atoms with Crippen LogP contribution in [0.2, 0.25) is 0 Å². The number of morpholine rings is 1. The van der Waals surface area contributed by atoms with Gasteiger partial charge < -0.3 is 14.5 Å². The van der Waals surface area contributed by atoms with Crippen molar-refractivity contribution >= 4 is 17.7 Å². The highest BCUT2D eigenvalue weighted by molar-refractivity contribution is 7.98. The number of amides is 1. The van der Waals surface area contributed by atoms with E-state index < -0.39 is 0 Å². The standard InChI is InChI=1S/C23H30N2O3S/c26-22(21-19(9-14-28-21)17-29-20-7-3-1-4-8-20)24-18-23(10-5-2-6-11-23)25-12-15-27-16-13-25/h1,3-4,7-9,14H,2,5-6,10-13,15-18H2,(H,24,26). The summed E-state index contributed by atoms with van der Waals surface area (Å²) in [5.41, 5.74) is 1.00. The van der Waals surface area contributed by atoms with Gasteiger partial charge in [-0.05, 0) is 31.0 Å². The van der Waals surface area contributed by atoms with Crippen LogP contribution in [0.5, 0.6) is 0 Å². The fourth-order valence-corrected chi connectivity index (χ4v) is 5.40. The van der Waals surface area contributed by atoms with Crippen molar-refractivity contribution in [1.29, 1.82) is 0 Å².